The van der Waals surface area contributed by atoms with Gasteiger partial charge in [0, 0.05) is 11.1 Å². The number of rotatable bonds is 12. The molecule has 8 aromatic rings. The lowest BCUT2D eigenvalue weighted by Gasteiger charge is -2.41. The normalized spacial score (nSPS) is 21.0. The molecule has 4 heterocycles. The fraction of sp³-hybridized carbons (Fsp3) is 0.172. The number of hydrogen-bond donors (Lipinski definition) is 2. The summed E-state index contributed by atoms with van der Waals surface area (Å²) in [5, 5.41) is 19.0. The smallest absolute Gasteiger partial charge is 0.292 e. The van der Waals surface area contributed by atoms with Gasteiger partial charge in [-0.3, -0.25) is 9.13 Å². The predicted molar refractivity (Wildman–Crippen MR) is 272 cm³/mol. The quantitative estimate of drug-likeness (QED) is 0.0899. The third-order valence-electron chi connectivity index (χ3n) is 13.8. The lowest BCUT2D eigenvalue weighted by molar-refractivity contribution is 0.263. The zero-order chi connectivity index (χ0) is 48.1. The van der Waals surface area contributed by atoms with Crippen LogP contribution in [0.1, 0.15) is 36.1 Å². The molecule has 0 saturated carbocycles. The SMILES string of the molecule is CC(c1ccc(O)cc1)(c1ccc(O)cc1)P1(=O)Oc2ccccc2-c2ccccc21.CC(c1ccc(OCC2CO2)cc1)(c1ccc(OCC2CO2)cc1)P1(=O)Oc2ccccc2-c2ccccc21. The van der Waals surface area contributed by atoms with Gasteiger partial charge in [-0.05, 0) is 120 Å². The maximum Gasteiger partial charge on any atom is 0.292 e. The van der Waals surface area contributed by atoms with E-state index in [0.29, 0.717) is 35.3 Å². The third kappa shape index (κ3) is 8.05. The van der Waals surface area contributed by atoms with Crippen LogP contribution < -0.4 is 29.1 Å². The fourth-order valence-electron chi connectivity index (χ4n) is 9.54. The third-order valence-corrected chi connectivity index (χ3v) is 20.1. The number of hydrogen-bond acceptors (Lipinski definition) is 10. The van der Waals surface area contributed by atoms with Gasteiger partial charge in [0.05, 0.1) is 23.8 Å². The molecule has 0 radical (unpaired) electrons. The standard InChI is InChI=1S/C32H29O6P.C26H21O4P/c1-32(22-10-14-24(15-11-22)34-18-26-20-36-26,23-12-16-25(17-13-23)35-19-27-21-37-27)39(33)31-9-5-3-7-29(31)28-6-2-4-8-30(28)38-39;1-26(18-10-14-20(27)15-11-18,19-12-16-21(28)17-13-19)31(29)25-9-5-3-7-23(25)22-6-2-4-8-24(22)30-31/h2-17,26-27H,18-21H2,1H3;2-17,27-28H,1H3. The summed E-state index contributed by atoms with van der Waals surface area (Å²) in [4.78, 5) is 0. The van der Waals surface area contributed by atoms with Crippen LogP contribution in [-0.2, 0) is 28.9 Å². The van der Waals surface area contributed by atoms with Crippen LogP contribution in [0.3, 0.4) is 0 Å². The molecular formula is C58H50O10P2. The number of ether oxygens (including phenoxy) is 4. The van der Waals surface area contributed by atoms with E-state index in [4.69, 9.17) is 28.0 Å². The molecule has 0 bridgehead atoms. The highest BCUT2D eigenvalue weighted by Gasteiger charge is 2.55. The van der Waals surface area contributed by atoms with E-state index < -0.39 is 25.0 Å². The van der Waals surface area contributed by atoms with Crippen molar-refractivity contribution in [3.05, 3.63) is 216 Å². The minimum absolute atomic E-state index is 0.130. The maximum absolute atomic E-state index is 15.5. The summed E-state index contributed by atoms with van der Waals surface area (Å²) in [7, 11) is -7.19. The molecule has 2 N–H and O–H groups in total. The zero-order valence-corrected chi connectivity index (χ0v) is 40.3. The summed E-state index contributed by atoms with van der Waals surface area (Å²) in [5.41, 5.74) is 6.90. The number of phenolic OH excluding ortho intramolecular Hbond substituents is 2. The molecule has 0 amide bonds. The zero-order valence-electron chi connectivity index (χ0n) is 38.5. The van der Waals surface area contributed by atoms with Crippen molar-refractivity contribution in [3.8, 4) is 56.8 Å². The van der Waals surface area contributed by atoms with Crippen molar-refractivity contribution in [2.45, 2.75) is 36.4 Å². The van der Waals surface area contributed by atoms with Crippen LogP contribution in [-0.4, -0.2) is 48.8 Å². The Balaban J connectivity index is 0.000000157. The van der Waals surface area contributed by atoms with Gasteiger partial charge in [-0.1, -0.05) is 121 Å². The second-order valence-corrected chi connectivity index (χ2v) is 23.5. The molecule has 0 aromatic heterocycles. The molecule has 70 heavy (non-hydrogen) atoms. The number of benzene rings is 8. The molecule has 8 aromatic carbocycles. The second kappa shape index (κ2) is 18.0. The topological polar surface area (TPSA) is 137 Å². The number of para-hydroxylation sites is 2. The van der Waals surface area contributed by atoms with Crippen molar-refractivity contribution < 1.29 is 47.3 Å². The van der Waals surface area contributed by atoms with Crippen LogP contribution in [0.25, 0.3) is 22.3 Å². The van der Waals surface area contributed by atoms with Gasteiger partial charge in [0.2, 0.25) is 0 Å². The van der Waals surface area contributed by atoms with E-state index in [-0.39, 0.29) is 23.7 Å². The molecule has 0 spiro atoms. The molecule has 2 saturated heterocycles. The minimum atomic E-state index is -3.60. The summed E-state index contributed by atoms with van der Waals surface area (Å²) >= 11 is 0. The molecule has 2 fully saturated rings. The predicted octanol–water partition coefficient (Wildman–Crippen LogP) is 12.2. The van der Waals surface area contributed by atoms with Gasteiger partial charge in [-0.25, -0.2) is 0 Å². The van der Waals surface area contributed by atoms with Crippen molar-refractivity contribution in [1.82, 2.24) is 0 Å². The number of epoxide rings is 2. The van der Waals surface area contributed by atoms with Gasteiger partial charge >= 0.3 is 0 Å². The van der Waals surface area contributed by atoms with Gasteiger partial charge in [-0.15, -0.1) is 0 Å². The molecule has 4 aliphatic rings. The van der Waals surface area contributed by atoms with E-state index in [1.165, 1.54) is 0 Å². The van der Waals surface area contributed by atoms with Crippen molar-refractivity contribution >= 4 is 25.3 Å². The first kappa shape index (κ1) is 45.4. The van der Waals surface area contributed by atoms with Crippen LogP contribution in [0.4, 0.5) is 0 Å². The maximum atomic E-state index is 15.5. The molecular weight excluding hydrogens is 919 g/mol. The highest BCUT2D eigenvalue weighted by atomic mass is 31.2. The summed E-state index contributed by atoms with van der Waals surface area (Å²) in [6.45, 7) is 6.44. The minimum Gasteiger partial charge on any atom is -0.508 e. The van der Waals surface area contributed by atoms with E-state index in [9.17, 15) is 10.2 Å². The first-order valence-electron chi connectivity index (χ1n) is 23.2. The largest absolute Gasteiger partial charge is 0.508 e. The average molecular weight is 969 g/mol. The highest BCUT2D eigenvalue weighted by molar-refractivity contribution is 7.69. The van der Waals surface area contributed by atoms with Gasteiger partial charge < -0.3 is 38.2 Å². The monoisotopic (exact) mass is 968 g/mol. The summed E-state index contributed by atoms with van der Waals surface area (Å²) in [5.74, 6) is 2.95. The molecule has 4 aliphatic heterocycles. The summed E-state index contributed by atoms with van der Waals surface area (Å²) in [6, 6.07) is 60.0. The van der Waals surface area contributed by atoms with Crippen LogP contribution in [0.5, 0.6) is 34.5 Å². The molecule has 4 unspecified atom stereocenters. The van der Waals surface area contributed by atoms with Crippen molar-refractivity contribution in [3.63, 3.8) is 0 Å². The summed E-state index contributed by atoms with van der Waals surface area (Å²) in [6.07, 6.45) is 0.343. The molecule has 12 heteroatoms. The van der Waals surface area contributed by atoms with E-state index >= 15 is 9.13 Å². The molecule has 0 aliphatic carbocycles. The average Bonchev–Trinajstić information content (AvgIpc) is 4.35. The van der Waals surface area contributed by atoms with Crippen molar-refractivity contribution in [2.75, 3.05) is 26.4 Å². The number of fused-ring (bicyclic) bond motifs is 6. The molecule has 12 rings (SSSR count). The Labute approximate surface area is 406 Å². The summed E-state index contributed by atoms with van der Waals surface area (Å²) < 4.78 is 65.9. The first-order valence-corrected chi connectivity index (χ1v) is 26.5. The van der Waals surface area contributed by atoms with E-state index in [2.05, 4.69) is 0 Å². The lowest BCUT2D eigenvalue weighted by Crippen LogP contribution is -2.34. The second-order valence-electron chi connectivity index (χ2n) is 18.1. The Bertz CT molecular complexity index is 3190. The molecule has 10 nitrogen and oxygen atoms in total. The van der Waals surface area contributed by atoms with Gasteiger partial charge in [0.15, 0.2) is 0 Å². The van der Waals surface area contributed by atoms with Crippen LogP contribution in [0.15, 0.2) is 194 Å². The number of phenols is 2. The highest BCUT2D eigenvalue weighted by Crippen LogP contribution is 2.70. The van der Waals surface area contributed by atoms with Gasteiger partial charge in [-0.2, -0.15) is 0 Å². The Morgan fingerprint density at radius 2 is 0.743 bits per heavy atom. The Kier molecular flexibility index (Phi) is 11.7. The van der Waals surface area contributed by atoms with E-state index in [1.54, 1.807) is 48.5 Å². The van der Waals surface area contributed by atoms with Crippen LogP contribution >= 0.6 is 14.7 Å². The Hall–Kier alpha value is -7.06. The van der Waals surface area contributed by atoms with Gasteiger partial charge in [0.25, 0.3) is 14.7 Å². The Morgan fingerprint density at radius 3 is 1.09 bits per heavy atom. The lowest BCUT2D eigenvalue weighted by atomic mass is 9.92. The number of aromatic hydroxyl groups is 2. The van der Waals surface area contributed by atoms with E-state index in [0.717, 1.165) is 69.2 Å². The molecule has 352 valence electrons. The molecule has 4 atom stereocenters. The van der Waals surface area contributed by atoms with Gasteiger partial charge in [0.1, 0.15) is 70.2 Å². The first-order chi connectivity index (χ1) is 34.0. The van der Waals surface area contributed by atoms with Crippen LogP contribution in [0, 0.1) is 0 Å². The van der Waals surface area contributed by atoms with E-state index in [1.807, 2.05) is 159 Å². The van der Waals surface area contributed by atoms with Crippen LogP contribution in [0.2, 0.25) is 0 Å². The Morgan fingerprint density at radius 1 is 0.443 bits per heavy atom. The van der Waals surface area contributed by atoms with Crippen molar-refractivity contribution in [1.29, 1.82) is 0 Å². The van der Waals surface area contributed by atoms with Crippen molar-refractivity contribution in [2.24, 2.45) is 0 Å². The fourth-order valence-corrected chi connectivity index (χ4v) is 15.5.